The molecule has 1 aliphatic heterocycles. The SMILES string of the molecule is C=C\C=C(C=O)/C=C(C)/C(C=C)=C/N=C(C)N1CC2(CC2)c2ccc(C(C)=O)cc21. The smallest absolute Gasteiger partial charge is 0.159 e. The Morgan fingerprint density at radius 1 is 1.20 bits per heavy atom. The van der Waals surface area contributed by atoms with E-state index in [2.05, 4.69) is 24.1 Å². The van der Waals surface area contributed by atoms with Crippen LogP contribution in [0.1, 0.15) is 49.5 Å². The van der Waals surface area contributed by atoms with Crippen LogP contribution in [0.3, 0.4) is 0 Å². The number of aliphatic imine (C=N–C) groups is 1. The molecule has 2 aliphatic rings. The molecule has 0 N–H and O–H groups in total. The number of amidine groups is 1. The van der Waals surface area contributed by atoms with Gasteiger partial charge in [-0.15, -0.1) is 0 Å². The molecule has 1 heterocycles. The maximum absolute atomic E-state index is 11.9. The number of nitrogens with zero attached hydrogens (tertiary/aromatic N) is 2. The van der Waals surface area contributed by atoms with E-state index in [0.717, 1.165) is 41.1 Å². The first kappa shape index (κ1) is 21.4. The van der Waals surface area contributed by atoms with E-state index in [4.69, 9.17) is 4.99 Å². The molecule has 1 aliphatic carbocycles. The summed E-state index contributed by atoms with van der Waals surface area (Å²) in [5, 5.41) is 0. The van der Waals surface area contributed by atoms with Crippen molar-refractivity contribution in [1.29, 1.82) is 0 Å². The van der Waals surface area contributed by atoms with Crippen LogP contribution in [0.4, 0.5) is 5.69 Å². The minimum absolute atomic E-state index is 0.0669. The first-order chi connectivity index (χ1) is 14.3. The summed E-state index contributed by atoms with van der Waals surface area (Å²) in [5.74, 6) is 0.933. The molecule has 1 aromatic carbocycles. The van der Waals surface area contributed by atoms with Crippen LogP contribution in [0.5, 0.6) is 0 Å². The lowest BCUT2D eigenvalue weighted by molar-refractivity contribution is -0.104. The number of carbonyl (C=O) groups is 2. The molecule has 1 fully saturated rings. The van der Waals surface area contributed by atoms with Gasteiger partial charge < -0.3 is 4.90 Å². The molecule has 0 saturated heterocycles. The second-order valence-electron chi connectivity index (χ2n) is 7.97. The minimum atomic E-state index is 0.0669. The molecule has 30 heavy (non-hydrogen) atoms. The third-order valence-electron chi connectivity index (χ3n) is 5.87. The molecular weight excluding hydrogens is 372 g/mol. The molecule has 0 amide bonds. The number of anilines is 1. The van der Waals surface area contributed by atoms with E-state index in [0.29, 0.717) is 5.57 Å². The van der Waals surface area contributed by atoms with Gasteiger partial charge in [0.2, 0.25) is 0 Å². The van der Waals surface area contributed by atoms with Crippen LogP contribution in [0, 0.1) is 0 Å². The third kappa shape index (κ3) is 4.18. The van der Waals surface area contributed by atoms with Gasteiger partial charge in [-0.2, -0.15) is 0 Å². The van der Waals surface area contributed by atoms with Gasteiger partial charge >= 0.3 is 0 Å². The molecule has 1 spiro atoms. The van der Waals surface area contributed by atoms with E-state index in [9.17, 15) is 9.59 Å². The van der Waals surface area contributed by atoms with Crippen LogP contribution >= 0.6 is 0 Å². The van der Waals surface area contributed by atoms with E-state index in [1.54, 1.807) is 37.4 Å². The number of benzene rings is 1. The fraction of sp³-hybridized carbons (Fsp3) is 0.269. The monoisotopic (exact) mass is 400 g/mol. The minimum Gasteiger partial charge on any atom is -0.329 e. The van der Waals surface area contributed by atoms with Crippen molar-refractivity contribution in [3.8, 4) is 0 Å². The molecule has 4 heteroatoms. The normalized spacial score (nSPS) is 18.3. The molecular formula is C26H28N2O2. The molecule has 0 bridgehead atoms. The number of fused-ring (bicyclic) bond motifs is 2. The van der Waals surface area contributed by atoms with Gasteiger partial charge in [0.25, 0.3) is 0 Å². The Morgan fingerprint density at radius 2 is 1.93 bits per heavy atom. The summed E-state index contributed by atoms with van der Waals surface area (Å²) in [7, 11) is 0. The van der Waals surface area contributed by atoms with Crippen molar-refractivity contribution in [3.05, 3.63) is 89.7 Å². The van der Waals surface area contributed by atoms with Gasteiger partial charge in [0, 0.05) is 35.0 Å². The van der Waals surface area contributed by atoms with Gasteiger partial charge in [-0.25, -0.2) is 4.99 Å². The van der Waals surface area contributed by atoms with Crippen LogP contribution in [0.25, 0.3) is 0 Å². The number of aldehydes is 1. The summed E-state index contributed by atoms with van der Waals surface area (Å²) < 4.78 is 0. The fourth-order valence-corrected chi connectivity index (χ4v) is 3.90. The number of hydrogen-bond acceptors (Lipinski definition) is 3. The van der Waals surface area contributed by atoms with Crippen molar-refractivity contribution < 1.29 is 9.59 Å². The highest BCUT2D eigenvalue weighted by Gasteiger charge is 2.52. The Hall–Kier alpha value is -3.27. The van der Waals surface area contributed by atoms with Crippen molar-refractivity contribution in [1.82, 2.24) is 0 Å². The lowest BCUT2D eigenvalue weighted by atomic mass is 9.97. The van der Waals surface area contributed by atoms with Gasteiger partial charge in [0.1, 0.15) is 12.1 Å². The van der Waals surface area contributed by atoms with Crippen LogP contribution in [-0.2, 0) is 10.2 Å². The van der Waals surface area contributed by atoms with Gasteiger partial charge in [0.05, 0.1) is 0 Å². The molecule has 0 unspecified atom stereocenters. The Bertz CT molecular complexity index is 1030. The zero-order chi connectivity index (χ0) is 21.9. The zero-order valence-corrected chi connectivity index (χ0v) is 17.9. The number of rotatable bonds is 7. The quantitative estimate of drug-likeness (QED) is 0.152. The molecule has 4 nitrogen and oxygen atoms in total. The second-order valence-corrected chi connectivity index (χ2v) is 7.97. The number of allylic oxidation sites excluding steroid dienone is 7. The molecule has 0 atom stereocenters. The fourth-order valence-electron chi connectivity index (χ4n) is 3.90. The third-order valence-corrected chi connectivity index (χ3v) is 5.87. The van der Waals surface area contributed by atoms with Crippen LogP contribution in [-0.4, -0.2) is 24.4 Å². The average Bonchev–Trinajstić information content (AvgIpc) is 3.44. The summed E-state index contributed by atoms with van der Waals surface area (Å²) in [6.07, 6.45) is 11.7. The van der Waals surface area contributed by atoms with Gasteiger partial charge in [-0.1, -0.05) is 43.5 Å². The molecule has 3 rings (SSSR count). The number of Topliss-reactive ketones (excluding diaryl/α,β-unsaturated/α-hetero) is 1. The summed E-state index contributed by atoms with van der Waals surface area (Å²) in [6.45, 7) is 13.9. The summed E-state index contributed by atoms with van der Waals surface area (Å²) in [5.41, 5.74) is 5.59. The summed E-state index contributed by atoms with van der Waals surface area (Å²) in [4.78, 5) is 30.0. The Morgan fingerprint density at radius 3 is 2.50 bits per heavy atom. The highest BCUT2D eigenvalue weighted by molar-refractivity contribution is 6.02. The van der Waals surface area contributed by atoms with E-state index in [1.807, 2.05) is 26.0 Å². The molecule has 1 aromatic rings. The summed E-state index contributed by atoms with van der Waals surface area (Å²) in [6, 6.07) is 6.03. The maximum atomic E-state index is 11.9. The predicted octanol–water partition coefficient (Wildman–Crippen LogP) is 5.49. The Kier molecular flexibility index (Phi) is 6.16. The highest BCUT2D eigenvalue weighted by atomic mass is 16.1. The molecule has 0 radical (unpaired) electrons. The number of hydrogen-bond donors (Lipinski definition) is 0. The Labute approximate surface area is 178 Å². The van der Waals surface area contributed by atoms with Crippen molar-refractivity contribution in [2.24, 2.45) is 4.99 Å². The summed E-state index contributed by atoms with van der Waals surface area (Å²) >= 11 is 0. The number of ketones is 1. The van der Waals surface area contributed by atoms with Crippen molar-refractivity contribution in [2.45, 2.75) is 39.0 Å². The topological polar surface area (TPSA) is 49.7 Å². The van der Waals surface area contributed by atoms with E-state index >= 15 is 0 Å². The van der Waals surface area contributed by atoms with E-state index in [1.165, 1.54) is 18.4 Å². The van der Waals surface area contributed by atoms with E-state index in [-0.39, 0.29) is 11.2 Å². The van der Waals surface area contributed by atoms with Gasteiger partial charge in [-0.3, -0.25) is 9.59 Å². The maximum Gasteiger partial charge on any atom is 0.159 e. The highest BCUT2D eigenvalue weighted by Crippen LogP contribution is 2.56. The van der Waals surface area contributed by atoms with Crippen LogP contribution in [0.2, 0.25) is 0 Å². The average molecular weight is 401 g/mol. The van der Waals surface area contributed by atoms with Crippen molar-refractivity contribution in [2.75, 3.05) is 11.4 Å². The van der Waals surface area contributed by atoms with Crippen molar-refractivity contribution >= 4 is 23.6 Å². The van der Waals surface area contributed by atoms with Crippen LogP contribution in [0.15, 0.2) is 83.6 Å². The van der Waals surface area contributed by atoms with Gasteiger partial charge in [0.15, 0.2) is 5.78 Å². The van der Waals surface area contributed by atoms with Gasteiger partial charge in [-0.05, 0) is 62.5 Å². The standard InChI is InChI=1S/C26H28N2O2/c1-6-8-21(16-29)13-18(3)22(7-2)15-27-20(5)28-17-26(11-12-26)24-10-9-23(19(4)30)14-25(24)28/h6-10,13-16H,1-2,11-12,17H2,3-5H3/b18-13+,21-8+,22-15+,27-20?. The van der Waals surface area contributed by atoms with Crippen LogP contribution < -0.4 is 4.90 Å². The lowest BCUT2D eigenvalue weighted by Gasteiger charge is -2.19. The molecule has 0 aromatic heterocycles. The zero-order valence-electron chi connectivity index (χ0n) is 17.9. The largest absolute Gasteiger partial charge is 0.329 e. The van der Waals surface area contributed by atoms with Crippen molar-refractivity contribution in [3.63, 3.8) is 0 Å². The first-order valence-electron chi connectivity index (χ1n) is 10.1. The molecule has 1 saturated carbocycles. The lowest BCUT2D eigenvalue weighted by Crippen LogP contribution is -2.29. The molecule has 154 valence electrons. The second kappa shape index (κ2) is 8.62. The predicted molar refractivity (Wildman–Crippen MR) is 124 cm³/mol. The number of carbonyl (C=O) groups excluding carboxylic acids is 2. The Balaban J connectivity index is 1.93. The van der Waals surface area contributed by atoms with E-state index < -0.39 is 0 Å². The first-order valence-corrected chi connectivity index (χ1v) is 10.1.